The number of carbonyl (C=O) groups is 2. The van der Waals surface area contributed by atoms with Crippen LogP contribution in [0.5, 0.6) is 0 Å². The van der Waals surface area contributed by atoms with Gasteiger partial charge in [0.05, 0.1) is 6.54 Å². The maximum atomic E-state index is 13.3. The molecule has 4 rings (SSSR count). The number of fused-ring (bicyclic) bond motifs is 1. The van der Waals surface area contributed by atoms with E-state index in [-0.39, 0.29) is 24.6 Å². The number of anilines is 1. The molecule has 0 aliphatic carbocycles. The van der Waals surface area contributed by atoms with Crippen molar-refractivity contribution in [3.8, 4) is 0 Å². The molecule has 0 radical (unpaired) electrons. The Kier molecular flexibility index (Phi) is 5.43. The fraction of sp³-hybridized carbons (Fsp3) is 0.273. The number of carbonyl (C=O) groups excluding carboxylic acids is 2. The third kappa shape index (κ3) is 3.62. The van der Waals surface area contributed by atoms with Crippen molar-refractivity contribution in [1.29, 1.82) is 0 Å². The quantitative estimate of drug-likeness (QED) is 0.479. The molecule has 1 N–H and O–H groups in total. The number of amides is 3. The highest BCUT2D eigenvalue weighted by Gasteiger charge is 2.49. The number of hydrogen-bond donors (Lipinski definition) is 1. The van der Waals surface area contributed by atoms with Gasteiger partial charge in [-0.05, 0) is 36.1 Å². The summed E-state index contributed by atoms with van der Waals surface area (Å²) in [5.74, 6) is -0.00557. The van der Waals surface area contributed by atoms with Gasteiger partial charge in [-0.3, -0.25) is 4.98 Å². The number of benzene rings is 1. The van der Waals surface area contributed by atoms with Crippen LogP contribution in [0.4, 0.5) is 10.6 Å². The van der Waals surface area contributed by atoms with Gasteiger partial charge in [-0.15, -0.1) is 0 Å². The van der Waals surface area contributed by atoms with E-state index in [1.807, 2.05) is 42.5 Å². The van der Waals surface area contributed by atoms with Gasteiger partial charge in [0.25, 0.3) is 0 Å². The largest absolute Gasteiger partial charge is 0.616 e. The Bertz CT molecular complexity index is 1050. The van der Waals surface area contributed by atoms with Gasteiger partial charge in [0.15, 0.2) is 11.5 Å². The first-order chi connectivity index (χ1) is 14.5. The monoisotopic (exact) mass is 405 g/mol. The Morgan fingerprint density at radius 2 is 1.80 bits per heavy atom. The topological polar surface area (TPSA) is 102 Å². The van der Waals surface area contributed by atoms with Gasteiger partial charge in [-0.1, -0.05) is 37.3 Å². The maximum Gasteiger partial charge on any atom is 0.432 e. The highest BCUT2D eigenvalue weighted by molar-refractivity contribution is 6.08. The minimum Gasteiger partial charge on any atom is -0.616 e. The zero-order valence-corrected chi connectivity index (χ0v) is 16.7. The van der Waals surface area contributed by atoms with E-state index in [1.54, 1.807) is 19.3 Å². The molecule has 1 aromatic carbocycles. The van der Waals surface area contributed by atoms with Gasteiger partial charge in [-0.2, -0.15) is 0 Å². The van der Waals surface area contributed by atoms with E-state index in [1.165, 1.54) is 4.90 Å². The fourth-order valence-electron chi connectivity index (χ4n) is 3.69. The molecule has 154 valence electrons. The van der Waals surface area contributed by atoms with Crippen molar-refractivity contribution in [2.24, 2.45) is 0 Å². The molecule has 1 aliphatic heterocycles. The van der Waals surface area contributed by atoms with Gasteiger partial charge < -0.3 is 10.2 Å². The van der Waals surface area contributed by atoms with E-state index in [2.05, 4.69) is 15.0 Å². The second-order valence-electron chi connectivity index (χ2n) is 7.35. The molecule has 8 heteroatoms. The Balaban J connectivity index is 1.69. The molecule has 0 saturated carbocycles. The van der Waals surface area contributed by atoms with Crippen molar-refractivity contribution in [2.75, 3.05) is 18.0 Å². The second-order valence-corrected chi connectivity index (χ2v) is 7.35. The molecule has 1 aliphatic rings. The van der Waals surface area contributed by atoms with Gasteiger partial charge in [0, 0.05) is 25.4 Å². The number of imidazole rings is 1. The van der Waals surface area contributed by atoms with Crippen molar-refractivity contribution < 1.29 is 14.2 Å². The molecule has 8 nitrogen and oxygen atoms in total. The lowest BCUT2D eigenvalue weighted by atomic mass is 10.1. The summed E-state index contributed by atoms with van der Waals surface area (Å²) in [5, 5.41) is 13.3. The molecule has 2 aromatic heterocycles. The van der Waals surface area contributed by atoms with E-state index in [4.69, 9.17) is 0 Å². The highest BCUT2D eigenvalue weighted by Crippen LogP contribution is 2.32. The average Bonchev–Trinajstić information content (AvgIpc) is 3.17. The fourth-order valence-corrected chi connectivity index (χ4v) is 3.69. The number of urea groups is 1. The molecule has 3 amide bonds. The first kappa shape index (κ1) is 19.9. The summed E-state index contributed by atoms with van der Waals surface area (Å²) in [7, 11) is 0. The molecule has 1 atom stereocenters. The minimum absolute atomic E-state index is 0.0996. The van der Waals surface area contributed by atoms with Crippen molar-refractivity contribution in [1.82, 2.24) is 15.0 Å². The number of hydrogen-bond acceptors (Lipinski definition) is 5. The number of nitrogens with one attached hydrogen (secondary N) is 1. The van der Waals surface area contributed by atoms with Crippen LogP contribution in [0.15, 0.2) is 54.9 Å². The van der Waals surface area contributed by atoms with Gasteiger partial charge >= 0.3 is 11.9 Å². The molecular weight excluding hydrogens is 382 g/mol. The van der Waals surface area contributed by atoms with Crippen LogP contribution >= 0.6 is 0 Å². The summed E-state index contributed by atoms with van der Waals surface area (Å²) in [6, 6.07) is 12.6. The third-order valence-electron chi connectivity index (χ3n) is 5.20. The summed E-state index contributed by atoms with van der Waals surface area (Å²) < 4.78 is -1.52. The molecule has 3 heterocycles. The first-order valence-corrected chi connectivity index (χ1v) is 10.0. The van der Waals surface area contributed by atoms with E-state index in [0.29, 0.717) is 25.1 Å². The number of aromatic amines is 1. The van der Waals surface area contributed by atoms with Crippen LogP contribution in [0, 0.1) is 5.21 Å². The predicted octanol–water partition coefficient (Wildman–Crippen LogP) is 3.44. The van der Waals surface area contributed by atoms with Crippen molar-refractivity contribution in [3.63, 3.8) is 0 Å². The average molecular weight is 405 g/mol. The molecule has 0 fully saturated rings. The summed E-state index contributed by atoms with van der Waals surface area (Å²) >= 11 is 0. The SMILES string of the molecule is CCC[N+]1([O-])C(=O)c2[nH]c(Cc3ccncc3)nc2N(CCc2ccccc2)C1=O. The van der Waals surface area contributed by atoms with E-state index in [9.17, 15) is 14.8 Å². The summed E-state index contributed by atoms with van der Waals surface area (Å²) in [4.78, 5) is 38.9. The van der Waals surface area contributed by atoms with Gasteiger partial charge in [0.1, 0.15) is 5.82 Å². The standard InChI is InChI=1S/C22H23N5O3/c1-2-14-27(30)21(28)19-20(25-18(24-19)15-17-8-11-23-12-9-17)26(22(27)29)13-10-16-6-4-3-5-7-16/h3-9,11-12H,2,10,13-15H2,1H3,(H,24,25). The molecule has 0 spiro atoms. The molecule has 0 saturated heterocycles. The van der Waals surface area contributed by atoms with Gasteiger partial charge in [0.2, 0.25) is 0 Å². The molecular formula is C22H23N5O3. The number of H-pyrrole nitrogens is 1. The molecule has 30 heavy (non-hydrogen) atoms. The molecule has 3 aromatic rings. The van der Waals surface area contributed by atoms with Crippen molar-refractivity contribution in [2.45, 2.75) is 26.2 Å². The maximum absolute atomic E-state index is 13.3. The molecule has 0 bridgehead atoms. The van der Waals surface area contributed by atoms with E-state index < -0.39 is 16.6 Å². The zero-order chi connectivity index (χ0) is 21.1. The normalized spacial score (nSPS) is 18.5. The first-order valence-electron chi connectivity index (χ1n) is 10.0. The smallest absolute Gasteiger partial charge is 0.432 e. The predicted molar refractivity (Wildman–Crippen MR) is 112 cm³/mol. The van der Waals surface area contributed by atoms with Crippen LogP contribution in [0.1, 0.15) is 40.8 Å². The van der Waals surface area contributed by atoms with E-state index in [0.717, 1.165) is 11.1 Å². The van der Waals surface area contributed by atoms with Crippen molar-refractivity contribution in [3.05, 3.63) is 82.7 Å². The van der Waals surface area contributed by atoms with Crippen molar-refractivity contribution >= 4 is 17.8 Å². The third-order valence-corrected chi connectivity index (χ3v) is 5.20. The Morgan fingerprint density at radius 1 is 1.07 bits per heavy atom. The number of pyridine rings is 1. The van der Waals surface area contributed by atoms with Crippen LogP contribution in [-0.2, 0) is 12.8 Å². The Labute approximate surface area is 174 Å². The summed E-state index contributed by atoms with van der Waals surface area (Å²) in [5.41, 5.74) is 2.10. The number of rotatable bonds is 7. The van der Waals surface area contributed by atoms with Crippen LogP contribution in [-0.4, -0.2) is 44.6 Å². The van der Waals surface area contributed by atoms with Crippen LogP contribution < -0.4 is 4.90 Å². The van der Waals surface area contributed by atoms with Crippen LogP contribution in [0.3, 0.4) is 0 Å². The second kappa shape index (κ2) is 8.17. The van der Waals surface area contributed by atoms with Gasteiger partial charge in [-0.25, -0.2) is 24.1 Å². The number of quaternary nitrogens is 1. The highest BCUT2D eigenvalue weighted by atomic mass is 16.6. The van der Waals surface area contributed by atoms with Crippen LogP contribution in [0.25, 0.3) is 0 Å². The number of imide groups is 1. The number of hydroxylamine groups is 3. The summed E-state index contributed by atoms with van der Waals surface area (Å²) in [6.45, 7) is 1.95. The summed E-state index contributed by atoms with van der Waals surface area (Å²) in [6.07, 6.45) is 4.77. The number of nitrogens with zero attached hydrogens (tertiary/aromatic N) is 4. The minimum atomic E-state index is -1.52. The zero-order valence-electron chi connectivity index (χ0n) is 16.7. The number of aromatic nitrogens is 3. The molecule has 1 unspecified atom stereocenters. The van der Waals surface area contributed by atoms with E-state index >= 15 is 0 Å². The lowest BCUT2D eigenvalue weighted by Crippen LogP contribution is -2.62. The Morgan fingerprint density at radius 3 is 2.50 bits per heavy atom. The lowest BCUT2D eigenvalue weighted by Gasteiger charge is -2.42. The van der Waals surface area contributed by atoms with Crippen LogP contribution in [0.2, 0.25) is 0 Å². The Hall–Kier alpha value is -3.36. The lowest BCUT2D eigenvalue weighted by molar-refractivity contribution is -0.712.